The Morgan fingerprint density at radius 2 is 0.500 bits per heavy atom. The summed E-state index contributed by atoms with van der Waals surface area (Å²) in [5.74, 6) is 0. The number of hydrogen-bond acceptors (Lipinski definition) is 8. The van der Waals surface area contributed by atoms with Crippen molar-refractivity contribution < 1.29 is 96.9 Å². The molecule has 16 heavy (non-hydrogen) atoms. The maximum Gasteiger partial charge on any atom is 2.00 e. The van der Waals surface area contributed by atoms with E-state index in [-0.39, 0.29) is 205 Å². The van der Waals surface area contributed by atoms with Crippen molar-refractivity contribution in [1.82, 2.24) is 0 Å². The molecule has 0 bridgehead atoms. The normalized spacial score (nSPS) is 7.38. The second-order valence-electron chi connectivity index (χ2n) is 0.894. The molecule has 0 aliphatic heterocycles. The van der Waals surface area contributed by atoms with E-state index < -0.39 is 15.6 Å². The minimum absolute atomic E-state index is 0. The Bertz CT molecular complexity index is 141. The maximum atomic E-state index is 8.55. The van der Waals surface area contributed by atoms with Gasteiger partial charge >= 0.3 is 147 Å². The van der Waals surface area contributed by atoms with Gasteiger partial charge in [-0.1, -0.05) is 0 Å². The molecule has 0 aromatic rings. The molecule has 0 radical (unpaired) electrons. The van der Waals surface area contributed by atoms with Gasteiger partial charge in [-0.05, 0) is 0 Å². The van der Waals surface area contributed by atoms with Crippen LogP contribution in [0.5, 0.6) is 0 Å². The summed E-state index contributed by atoms with van der Waals surface area (Å²) in [6.07, 6.45) is 0. The van der Waals surface area contributed by atoms with Crippen LogP contribution in [0.15, 0.2) is 0 Å². The second-order valence-corrected chi connectivity index (χ2v) is 2.68. The molecule has 0 heterocycles. The first-order chi connectivity index (χ1) is 4.00. The summed E-state index contributed by atoms with van der Waals surface area (Å²) >= 11 is 0. The summed E-state index contributed by atoms with van der Waals surface area (Å²) in [7, 11) is -10.8. The third kappa shape index (κ3) is 176. The Balaban J connectivity index is -0.00000000970. The molecule has 0 aromatic heterocycles. The van der Waals surface area contributed by atoms with Gasteiger partial charge in [-0.2, -0.15) is 15.6 Å². The Hall–Kier alpha value is 6.80. The molecule has 0 saturated carbocycles. The maximum absolute atomic E-state index is 8.55. The van der Waals surface area contributed by atoms with Crippen molar-refractivity contribution in [3.63, 3.8) is 0 Å². The minimum atomic E-state index is -5.39. The van der Waals surface area contributed by atoms with E-state index in [1.165, 1.54) is 0 Å². The molecular weight excluding hydrogens is 798 g/mol. The molecule has 0 atom stereocenters. The molecule has 0 aliphatic carbocycles. The van der Waals surface area contributed by atoms with Crippen molar-refractivity contribution in [1.29, 1.82) is 0 Å². The Kier molecular flexibility index (Phi) is 82.5. The van der Waals surface area contributed by atoms with Gasteiger partial charge in [0.25, 0.3) is 0 Å². The van der Waals surface area contributed by atoms with E-state index in [1.807, 2.05) is 0 Å². The summed E-state index contributed by atoms with van der Waals surface area (Å²) in [6, 6.07) is 0. The largest absolute Gasteiger partial charge is 2.00 e. The van der Waals surface area contributed by atoms with E-state index in [4.69, 9.17) is 38.5 Å². The topological polar surface area (TPSA) is 172 Å². The van der Waals surface area contributed by atoms with Crippen molar-refractivity contribution in [2.75, 3.05) is 0 Å². The van der Waals surface area contributed by atoms with Crippen LogP contribution in [0, 0.1) is 0 Å². The third-order valence-corrected chi connectivity index (χ3v) is 0. The van der Waals surface area contributed by atoms with Crippen LogP contribution in [0.2, 0.25) is 0 Å². The molecule has 0 N–H and O–H groups in total. The smallest absolute Gasteiger partial charge is 0.822 e. The van der Waals surface area contributed by atoms with Crippen LogP contribution in [0.4, 0.5) is 0 Å². The number of hydrogen-bond donors (Lipinski definition) is 0. The second kappa shape index (κ2) is 26.7. The molecule has 0 spiro atoms. The van der Waals surface area contributed by atoms with Crippen LogP contribution in [0.1, 0.15) is 0 Å². The van der Waals surface area contributed by atoms with Gasteiger partial charge in [-0.25, -0.2) is 0 Å². The predicted octanol–water partition coefficient (Wildman–Crippen LogP) is -6.80. The molecular formula is Ba3O8P2Zn3. The van der Waals surface area contributed by atoms with Crippen molar-refractivity contribution in [3.05, 3.63) is 0 Å². The van der Waals surface area contributed by atoms with Crippen LogP contribution in [-0.2, 0) is 67.6 Å². The van der Waals surface area contributed by atoms with Gasteiger partial charge in [-0.15, -0.1) is 0 Å². The van der Waals surface area contributed by atoms with Crippen LogP contribution in [-0.4, -0.2) is 147 Å². The Morgan fingerprint density at radius 1 is 0.500 bits per heavy atom. The van der Waals surface area contributed by atoms with Crippen molar-refractivity contribution in [2.45, 2.75) is 0 Å². The van der Waals surface area contributed by atoms with E-state index >= 15 is 0 Å². The van der Waals surface area contributed by atoms with Crippen LogP contribution < -0.4 is 29.4 Å². The van der Waals surface area contributed by atoms with E-state index in [0.717, 1.165) is 0 Å². The van der Waals surface area contributed by atoms with Gasteiger partial charge in [0, 0.05) is 58.4 Å². The average Bonchev–Trinajstić information content (AvgIpc) is 1.12. The summed E-state index contributed by atoms with van der Waals surface area (Å²) < 4.78 is 17.1. The van der Waals surface area contributed by atoms with Crippen LogP contribution in [0.25, 0.3) is 0 Å². The Morgan fingerprint density at radius 3 is 0.500 bits per heavy atom. The zero-order valence-electron chi connectivity index (χ0n) is 8.40. The fraction of sp³-hybridized carbons (Fsp3) is 0. The van der Waals surface area contributed by atoms with Gasteiger partial charge in [0.05, 0.1) is 0 Å². The molecule has 0 amide bonds. The van der Waals surface area contributed by atoms with Gasteiger partial charge in [0.2, 0.25) is 0 Å². The zero-order chi connectivity index (χ0) is 9.00. The van der Waals surface area contributed by atoms with E-state index in [2.05, 4.69) is 0 Å². The third-order valence-electron chi connectivity index (χ3n) is 0. The van der Waals surface area contributed by atoms with E-state index in [0.29, 0.717) is 0 Å². The monoisotopic (exact) mass is 795 g/mol. The van der Waals surface area contributed by atoms with Crippen LogP contribution in [0.3, 0.4) is 0 Å². The van der Waals surface area contributed by atoms with E-state index in [1.54, 1.807) is 0 Å². The molecule has 0 unspecified atom stereocenters. The molecule has 16 heteroatoms. The zero-order valence-corrected chi connectivity index (χ0v) is 32.4. The van der Waals surface area contributed by atoms with Gasteiger partial charge in [-0.3, -0.25) is 0 Å². The van der Waals surface area contributed by atoms with Gasteiger partial charge < -0.3 is 38.5 Å². The molecule has 0 fully saturated rings. The van der Waals surface area contributed by atoms with Gasteiger partial charge in [0.15, 0.2) is 0 Å². The minimum Gasteiger partial charge on any atom is -0.822 e. The SMILES string of the molecule is O=P([O-])([O-])[O-].O=P([O-])([O-])[O-].[Ba+2].[Ba+2].[Ba+2].[Zn].[Zn].[Zn]. The standard InChI is InChI=1S/3Ba.2H3O4P.3Zn/c;;;2*1-5(2,3)4;;;/h;;;2*(H3,1,2,3,4);;;/q3*+2;;;;;/p-6. The molecule has 0 rings (SSSR count). The summed E-state index contributed by atoms with van der Waals surface area (Å²) in [4.78, 5) is 51.3. The molecule has 0 saturated heterocycles. The number of phosphoric acid groups is 2. The van der Waals surface area contributed by atoms with Crippen molar-refractivity contribution in [2.24, 2.45) is 0 Å². The molecule has 0 aliphatic rings. The summed E-state index contributed by atoms with van der Waals surface area (Å²) in [5.41, 5.74) is 0. The average molecular weight is 798 g/mol. The fourth-order valence-electron chi connectivity index (χ4n) is 0. The first kappa shape index (κ1) is 49.5. The van der Waals surface area contributed by atoms with Gasteiger partial charge in [0.1, 0.15) is 0 Å². The first-order valence-electron chi connectivity index (χ1n) is 1.46. The predicted molar refractivity (Wildman–Crippen MR) is 32.5 cm³/mol. The summed E-state index contributed by atoms with van der Waals surface area (Å²) in [6.45, 7) is 0. The van der Waals surface area contributed by atoms with Crippen molar-refractivity contribution in [3.8, 4) is 0 Å². The molecule has 0 aromatic carbocycles. The van der Waals surface area contributed by atoms with Crippen LogP contribution >= 0.6 is 15.6 Å². The first-order valence-corrected chi connectivity index (χ1v) is 4.38. The number of rotatable bonds is 0. The fourth-order valence-corrected chi connectivity index (χ4v) is 0. The van der Waals surface area contributed by atoms with E-state index in [9.17, 15) is 0 Å². The Labute approximate surface area is 252 Å². The quantitative estimate of drug-likeness (QED) is 0.172. The summed E-state index contributed by atoms with van der Waals surface area (Å²) in [5, 5.41) is 0. The molecule has 8 nitrogen and oxygen atoms in total. The van der Waals surface area contributed by atoms with Crippen molar-refractivity contribution >= 4 is 162 Å². The molecule has 70 valence electrons.